The van der Waals surface area contributed by atoms with E-state index in [2.05, 4.69) is 30.0 Å². The monoisotopic (exact) mass is 490 g/mol. The molecule has 0 N–H and O–H groups in total. The lowest BCUT2D eigenvalue weighted by atomic mass is 10.0. The third kappa shape index (κ3) is 3.93. The average molecular weight is 491 g/mol. The van der Waals surface area contributed by atoms with E-state index in [1.54, 1.807) is 28.8 Å². The second kappa shape index (κ2) is 8.74. The molecule has 0 aliphatic carbocycles. The molecule has 3 aromatic rings. The normalized spacial score (nSPS) is 20.7. The molecular formula is C22H26N4O3S3. The number of sulfonamides is 1. The van der Waals surface area contributed by atoms with Crippen LogP contribution in [0.5, 0.6) is 0 Å². The number of piperidine rings is 1. The predicted molar refractivity (Wildman–Crippen MR) is 129 cm³/mol. The number of thiophene rings is 1. The summed E-state index contributed by atoms with van der Waals surface area (Å²) in [4.78, 5) is 22.3. The summed E-state index contributed by atoms with van der Waals surface area (Å²) in [7, 11) is -3.64. The molecule has 2 fully saturated rings. The fourth-order valence-corrected chi connectivity index (χ4v) is 8.37. The fraction of sp³-hybridized carbons (Fsp3) is 0.455. The van der Waals surface area contributed by atoms with Crippen molar-refractivity contribution in [3.05, 3.63) is 41.3 Å². The molecule has 1 aromatic carbocycles. The first-order valence-corrected chi connectivity index (χ1v) is 14.0. The summed E-state index contributed by atoms with van der Waals surface area (Å²) in [5.41, 5.74) is 2.21. The van der Waals surface area contributed by atoms with Crippen molar-refractivity contribution in [2.24, 2.45) is 0 Å². The van der Waals surface area contributed by atoms with Crippen LogP contribution in [-0.4, -0.2) is 67.3 Å². The van der Waals surface area contributed by atoms with Gasteiger partial charge in [-0.2, -0.15) is 4.31 Å². The molecule has 0 spiro atoms. The number of fused-ring (bicyclic) bond motifs is 1. The Morgan fingerprint density at radius 3 is 2.59 bits per heavy atom. The molecule has 2 aliphatic rings. The molecule has 7 nitrogen and oxygen atoms in total. The van der Waals surface area contributed by atoms with Gasteiger partial charge >= 0.3 is 0 Å². The second-order valence-electron chi connectivity index (χ2n) is 8.29. The van der Waals surface area contributed by atoms with Crippen LogP contribution in [0, 0.1) is 6.92 Å². The number of aryl methyl sites for hydroxylation is 1. The van der Waals surface area contributed by atoms with Crippen LogP contribution in [-0.2, 0) is 14.8 Å². The van der Waals surface area contributed by atoms with E-state index in [9.17, 15) is 13.2 Å². The van der Waals surface area contributed by atoms with Crippen molar-refractivity contribution in [2.75, 3.05) is 37.6 Å². The van der Waals surface area contributed by atoms with Gasteiger partial charge in [0.1, 0.15) is 10.3 Å². The standard InChI is InChI=1S/C22H26N4O3S3/c1-16-6-4-8-18-20(16)23-22(31-18)25-13-11-24(12-14-25)21(27)17-7-2-3-10-26(17)32(28,29)19-9-5-15-30-19/h4-6,8-9,15,17H,2-3,7,10-14H2,1H3. The molecule has 2 aliphatic heterocycles. The number of rotatable bonds is 4. The number of hydrogen-bond acceptors (Lipinski definition) is 7. The number of benzene rings is 1. The van der Waals surface area contributed by atoms with Gasteiger partial charge in [-0.05, 0) is 42.8 Å². The van der Waals surface area contributed by atoms with Gasteiger partial charge in [-0.25, -0.2) is 13.4 Å². The molecule has 5 rings (SSSR count). The third-order valence-corrected chi connectivity index (χ3v) is 10.6. The molecule has 0 saturated carbocycles. The molecule has 0 radical (unpaired) electrons. The van der Waals surface area contributed by atoms with Crippen LogP contribution in [0.4, 0.5) is 5.13 Å². The number of hydrogen-bond donors (Lipinski definition) is 0. The molecule has 32 heavy (non-hydrogen) atoms. The Labute approximate surface area is 196 Å². The minimum Gasteiger partial charge on any atom is -0.345 e. The molecular weight excluding hydrogens is 464 g/mol. The molecule has 2 aromatic heterocycles. The van der Waals surface area contributed by atoms with Gasteiger partial charge < -0.3 is 9.80 Å². The zero-order valence-electron chi connectivity index (χ0n) is 17.9. The molecule has 1 amide bonds. The maximum atomic E-state index is 13.4. The second-order valence-corrected chi connectivity index (χ2v) is 12.4. The van der Waals surface area contributed by atoms with Gasteiger partial charge in [-0.15, -0.1) is 11.3 Å². The van der Waals surface area contributed by atoms with E-state index in [1.807, 2.05) is 4.90 Å². The Morgan fingerprint density at radius 2 is 1.88 bits per heavy atom. The number of anilines is 1. The van der Waals surface area contributed by atoms with Crippen molar-refractivity contribution in [2.45, 2.75) is 36.4 Å². The first kappa shape index (κ1) is 21.8. The minimum absolute atomic E-state index is 0.0652. The predicted octanol–water partition coefficient (Wildman–Crippen LogP) is 3.56. The number of piperazine rings is 1. The van der Waals surface area contributed by atoms with Crippen LogP contribution >= 0.6 is 22.7 Å². The first-order chi connectivity index (χ1) is 15.4. The molecule has 0 bridgehead atoms. The number of amides is 1. The van der Waals surface area contributed by atoms with Crippen molar-refractivity contribution in [1.82, 2.24) is 14.2 Å². The highest BCUT2D eigenvalue weighted by atomic mass is 32.2. The van der Waals surface area contributed by atoms with Crippen LogP contribution < -0.4 is 4.90 Å². The summed E-state index contributed by atoms with van der Waals surface area (Å²) in [6.07, 6.45) is 2.25. The SMILES string of the molecule is Cc1cccc2sc(N3CCN(C(=O)C4CCCCN4S(=O)(=O)c4cccs4)CC3)nc12. The van der Waals surface area contributed by atoms with Gasteiger partial charge in [0.25, 0.3) is 10.0 Å². The largest absolute Gasteiger partial charge is 0.345 e. The van der Waals surface area contributed by atoms with Crippen molar-refractivity contribution in [3.63, 3.8) is 0 Å². The van der Waals surface area contributed by atoms with Gasteiger partial charge in [-0.3, -0.25) is 4.79 Å². The van der Waals surface area contributed by atoms with Gasteiger partial charge in [0.05, 0.1) is 10.2 Å². The maximum Gasteiger partial charge on any atom is 0.253 e. The molecule has 4 heterocycles. The molecule has 1 atom stereocenters. The summed E-state index contributed by atoms with van der Waals surface area (Å²) < 4.78 is 29.2. The fourth-order valence-electron chi connectivity index (χ4n) is 4.50. The van der Waals surface area contributed by atoms with Gasteiger partial charge in [-0.1, -0.05) is 36.0 Å². The number of carbonyl (C=O) groups excluding carboxylic acids is 1. The summed E-state index contributed by atoms with van der Waals surface area (Å²) in [5, 5.41) is 2.75. The van der Waals surface area contributed by atoms with Crippen LogP contribution in [0.3, 0.4) is 0 Å². The van der Waals surface area contributed by atoms with Crippen molar-refractivity contribution in [1.29, 1.82) is 0 Å². The van der Waals surface area contributed by atoms with Crippen LogP contribution in [0.25, 0.3) is 10.2 Å². The van der Waals surface area contributed by atoms with E-state index < -0.39 is 16.1 Å². The summed E-state index contributed by atoms with van der Waals surface area (Å²) in [6, 6.07) is 8.97. The van der Waals surface area contributed by atoms with E-state index in [-0.39, 0.29) is 5.91 Å². The van der Waals surface area contributed by atoms with E-state index in [0.717, 1.165) is 23.5 Å². The van der Waals surface area contributed by atoms with Gasteiger partial charge in [0.2, 0.25) is 5.91 Å². The Hall–Kier alpha value is -2.01. The van der Waals surface area contributed by atoms with E-state index in [1.165, 1.54) is 25.9 Å². The van der Waals surface area contributed by atoms with E-state index in [4.69, 9.17) is 4.98 Å². The minimum atomic E-state index is -3.64. The number of aromatic nitrogens is 1. The number of para-hydroxylation sites is 1. The Balaban J connectivity index is 1.29. The number of nitrogens with zero attached hydrogens (tertiary/aromatic N) is 4. The van der Waals surface area contributed by atoms with Gasteiger partial charge in [0.15, 0.2) is 5.13 Å². The van der Waals surface area contributed by atoms with Crippen LogP contribution in [0.1, 0.15) is 24.8 Å². The third-order valence-electron chi connectivity index (χ3n) is 6.27. The maximum absolute atomic E-state index is 13.4. The van der Waals surface area contributed by atoms with E-state index in [0.29, 0.717) is 43.4 Å². The summed E-state index contributed by atoms with van der Waals surface area (Å²) in [5.74, 6) is -0.0652. The van der Waals surface area contributed by atoms with Crippen molar-refractivity contribution in [3.8, 4) is 0 Å². The number of thiazole rings is 1. The zero-order valence-corrected chi connectivity index (χ0v) is 20.4. The quantitative estimate of drug-likeness (QED) is 0.559. The van der Waals surface area contributed by atoms with Crippen LogP contribution in [0.15, 0.2) is 39.9 Å². The average Bonchev–Trinajstić information content (AvgIpc) is 3.50. The zero-order chi connectivity index (χ0) is 22.3. The summed E-state index contributed by atoms with van der Waals surface area (Å²) in [6.45, 7) is 5.04. The Morgan fingerprint density at radius 1 is 1.06 bits per heavy atom. The Bertz CT molecular complexity index is 1210. The van der Waals surface area contributed by atoms with Crippen molar-refractivity contribution < 1.29 is 13.2 Å². The molecule has 1 unspecified atom stereocenters. The summed E-state index contributed by atoms with van der Waals surface area (Å²) >= 11 is 2.89. The first-order valence-electron chi connectivity index (χ1n) is 10.9. The highest BCUT2D eigenvalue weighted by Gasteiger charge is 2.40. The highest BCUT2D eigenvalue weighted by molar-refractivity contribution is 7.91. The smallest absolute Gasteiger partial charge is 0.253 e. The molecule has 2 saturated heterocycles. The molecule has 10 heteroatoms. The van der Waals surface area contributed by atoms with Crippen molar-refractivity contribution >= 4 is 54.0 Å². The number of carbonyl (C=O) groups is 1. The topological polar surface area (TPSA) is 73.8 Å². The van der Waals surface area contributed by atoms with Crippen LogP contribution in [0.2, 0.25) is 0 Å². The Kier molecular flexibility index (Phi) is 5.96. The van der Waals surface area contributed by atoms with E-state index >= 15 is 0 Å². The lowest BCUT2D eigenvalue weighted by molar-refractivity contribution is -0.136. The lowest BCUT2D eigenvalue weighted by Gasteiger charge is -2.40. The van der Waals surface area contributed by atoms with Gasteiger partial charge in [0, 0.05) is 32.7 Å². The lowest BCUT2D eigenvalue weighted by Crippen LogP contribution is -2.57. The highest BCUT2D eigenvalue weighted by Crippen LogP contribution is 2.32. The molecule has 170 valence electrons.